The Balaban J connectivity index is 1.19. The predicted octanol–water partition coefficient (Wildman–Crippen LogP) is 5.11. The molecule has 0 aliphatic heterocycles. The minimum atomic E-state index is 0.798. The maximum Gasteiger partial charge on any atom is 0.183 e. The van der Waals surface area contributed by atoms with Crippen molar-refractivity contribution in [3.63, 3.8) is 0 Å². The molecule has 0 atom stereocenters. The lowest BCUT2D eigenvalue weighted by atomic mass is 9.89. The summed E-state index contributed by atoms with van der Waals surface area (Å²) in [5, 5.41) is 12.6. The number of benzene rings is 1. The zero-order valence-corrected chi connectivity index (χ0v) is 18.6. The van der Waals surface area contributed by atoms with E-state index >= 15 is 0 Å². The van der Waals surface area contributed by atoms with Crippen LogP contribution >= 0.6 is 11.3 Å². The van der Waals surface area contributed by atoms with Gasteiger partial charge >= 0.3 is 0 Å². The minimum Gasteiger partial charge on any atom is -0.361 e. The van der Waals surface area contributed by atoms with Crippen molar-refractivity contribution in [3.8, 4) is 5.69 Å². The third-order valence-electron chi connectivity index (χ3n) is 6.37. The van der Waals surface area contributed by atoms with Crippen molar-refractivity contribution in [3.05, 3.63) is 66.4 Å². The first kappa shape index (κ1) is 19.4. The summed E-state index contributed by atoms with van der Waals surface area (Å²) >= 11 is 1.76. The molecule has 8 heteroatoms. The molecule has 162 valence electrons. The van der Waals surface area contributed by atoms with E-state index in [2.05, 4.69) is 43.2 Å². The third-order valence-corrected chi connectivity index (χ3v) is 7.34. The molecular formula is C24H25N7S. The van der Waals surface area contributed by atoms with E-state index in [4.69, 9.17) is 4.98 Å². The number of nitrogens with zero attached hydrogens (tertiary/aromatic N) is 6. The lowest BCUT2D eigenvalue weighted by Crippen LogP contribution is -2.16. The van der Waals surface area contributed by atoms with Crippen LogP contribution in [0.3, 0.4) is 0 Å². The quantitative estimate of drug-likeness (QED) is 0.395. The summed E-state index contributed by atoms with van der Waals surface area (Å²) in [5.41, 5.74) is 5.35. The second-order valence-electron chi connectivity index (χ2n) is 8.59. The van der Waals surface area contributed by atoms with Crippen LogP contribution in [-0.4, -0.2) is 35.9 Å². The second kappa shape index (κ2) is 8.35. The molecule has 1 aliphatic rings. The number of aromatic nitrogens is 6. The van der Waals surface area contributed by atoms with Gasteiger partial charge < -0.3 is 9.72 Å². The number of hydrogen-bond acceptors (Lipinski definition) is 6. The maximum atomic E-state index is 4.80. The molecule has 32 heavy (non-hydrogen) atoms. The number of pyridine rings is 1. The normalized spacial score (nSPS) is 15.0. The number of hydrogen-bond donors (Lipinski definition) is 1. The van der Waals surface area contributed by atoms with Gasteiger partial charge in [0.25, 0.3) is 0 Å². The number of nitrogens with one attached hydrogen (secondary N) is 1. The lowest BCUT2D eigenvalue weighted by Gasteiger charge is -2.21. The molecule has 1 fully saturated rings. The van der Waals surface area contributed by atoms with Crippen LogP contribution in [0.4, 0.5) is 5.13 Å². The van der Waals surface area contributed by atoms with Crippen molar-refractivity contribution in [2.75, 3.05) is 11.9 Å². The number of fused-ring (bicyclic) bond motifs is 2. The van der Waals surface area contributed by atoms with Crippen molar-refractivity contribution in [2.45, 2.75) is 38.5 Å². The van der Waals surface area contributed by atoms with E-state index in [1.807, 2.05) is 30.7 Å². The zero-order chi connectivity index (χ0) is 21.3. The predicted molar refractivity (Wildman–Crippen MR) is 128 cm³/mol. The molecule has 1 N–H and O–H groups in total. The molecular weight excluding hydrogens is 418 g/mol. The number of imidazole rings is 1. The van der Waals surface area contributed by atoms with Gasteiger partial charge in [0.1, 0.15) is 5.65 Å². The molecule has 0 radical (unpaired) electrons. The van der Waals surface area contributed by atoms with Crippen molar-refractivity contribution in [2.24, 2.45) is 5.92 Å². The van der Waals surface area contributed by atoms with E-state index in [1.54, 1.807) is 22.2 Å². The standard InChI is InChI=1S/C24H25N7S/c1-2-4-17(5-3-1)15-26-24-28-21-7-6-18(13-22(21)32-24)12-20-16-25-23-14-19(8-10-30(20)23)31-11-9-27-29-31/h6-11,13-14,16-17H,1-5,12,15H2,(H,26,28). The Labute approximate surface area is 190 Å². The largest absolute Gasteiger partial charge is 0.361 e. The van der Waals surface area contributed by atoms with Gasteiger partial charge in [-0.2, -0.15) is 0 Å². The van der Waals surface area contributed by atoms with Crippen LogP contribution in [0.1, 0.15) is 43.4 Å². The average Bonchev–Trinajstić information content (AvgIpc) is 3.58. The van der Waals surface area contributed by atoms with Crippen LogP contribution in [0.15, 0.2) is 55.1 Å². The maximum absolute atomic E-state index is 4.80. The molecule has 5 aromatic rings. The molecule has 4 heterocycles. The van der Waals surface area contributed by atoms with E-state index in [1.165, 1.54) is 42.4 Å². The van der Waals surface area contributed by atoms with Crippen LogP contribution in [-0.2, 0) is 6.42 Å². The summed E-state index contributed by atoms with van der Waals surface area (Å²) in [6, 6.07) is 10.6. The Hall–Kier alpha value is -3.26. The first-order chi connectivity index (χ1) is 15.8. The Bertz CT molecular complexity index is 1350. The average molecular weight is 444 g/mol. The molecule has 6 rings (SSSR count). The van der Waals surface area contributed by atoms with E-state index in [0.29, 0.717) is 0 Å². The van der Waals surface area contributed by atoms with Gasteiger partial charge in [0.15, 0.2) is 5.13 Å². The van der Waals surface area contributed by atoms with Crippen molar-refractivity contribution >= 4 is 32.3 Å². The van der Waals surface area contributed by atoms with Crippen LogP contribution in [0.5, 0.6) is 0 Å². The lowest BCUT2D eigenvalue weighted by molar-refractivity contribution is 0.373. The van der Waals surface area contributed by atoms with E-state index in [0.717, 1.165) is 46.6 Å². The molecule has 1 saturated carbocycles. The number of anilines is 1. The summed E-state index contributed by atoms with van der Waals surface area (Å²) in [6.45, 7) is 1.05. The summed E-state index contributed by atoms with van der Waals surface area (Å²) < 4.78 is 5.11. The van der Waals surface area contributed by atoms with Crippen LogP contribution < -0.4 is 5.32 Å². The fraction of sp³-hybridized carbons (Fsp3) is 0.333. The van der Waals surface area contributed by atoms with Gasteiger partial charge in [-0.05, 0) is 42.5 Å². The molecule has 7 nitrogen and oxygen atoms in total. The molecule has 0 saturated heterocycles. The van der Waals surface area contributed by atoms with Crippen LogP contribution in [0.25, 0.3) is 21.6 Å². The summed E-state index contributed by atoms with van der Waals surface area (Å²) in [5.74, 6) is 0.798. The molecule has 0 unspecified atom stereocenters. The zero-order valence-electron chi connectivity index (χ0n) is 17.8. The van der Waals surface area contributed by atoms with Gasteiger partial charge in [-0.1, -0.05) is 41.9 Å². The summed E-state index contributed by atoms with van der Waals surface area (Å²) in [6.07, 6.45) is 15.2. The van der Waals surface area contributed by atoms with Crippen LogP contribution in [0.2, 0.25) is 0 Å². The topological polar surface area (TPSA) is 72.9 Å². The highest BCUT2D eigenvalue weighted by Gasteiger charge is 2.14. The highest BCUT2D eigenvalue weighted by atomic mass is 32.1. The van der Waals surface area contributed by atoms with Gasteiger partial charge in [-0.25, -0.2) is 14.6 Å². The molecule has 0 spiro atoms. The first-order valence-corrected chi connectivity index (χ1v) is 12.1. The molecule has 0 amide bonds. The van der Waals surface area contributed by atoms with Gasteiger partial charge in [0.2, 0.25) is 0 Å². The summed E-state index contributed by atoms with van der Waals surface area (Å²) in [7, 11) is 0. The Morgan fingerprint density at radius 3 is 2.88 bits per heavy atom. The van der Waals surface area contributed by atoms with Crippen molar-refractivity contribution in [1.82, 2.24) is 29.4 Å². The summed E-state index contributed by atoms with van der Waals surface area (Å²) in [4.78, 5) is 9.40. The second-order valence-corrected chi connectivity index (χ2v) is 9.62. The Morgan fingerprint density at radius 1 is 1.06 bits per heavy atom. The number of thiazole rings is 1. The van der Waals surface area contributed by atoms with E-state index in [-0.39, 0.29) is 0 Å². The van der Waals surface area contributed by atoms with Crippen molar-refractivity contribution < 1.29 is 0 Å². The van der Waals surface area contributed by atoms with Gasteiger partial charge in [0.05, 0.1) is 28.3 Å². The molecule has 0 bridgehead atoms. The Morgan fingerprint density at radius 2 is 2.00 bits per heavy atom. The molecule has 4 aromatic heterocycles. The van der Waals surface area contributed by atoms with Crippen molar-refractivity contribution in [1.29, 1.82) is 0 Å². The molecule has 1 aromatic carbocycles. The highest BCUT2D eigenvalue weighted by Crippen LogP contribution is 2.29. The number of rotatable bonds is 6. The van der Waals surface area contributed by atoms with Gasteiger partial charge in [0, 0.05) is 37.1 Å². The minimum absolute atomic E-state index is 0.798. The van der Waals surface area contributed by atoms with E-state index in [9.17, 15) is 0 Å². The fourth-order valence-corrected chi connectivity index (χ4v) is 5.56. The third kappa shape index (κ3) is 3.86. The van der Waals surface area contributed by atoms with Gasteiger partial charge in [-0.3, -0.25) is 0 Å². The Kier molecular flexibility index (Phi) is 5.07. The molecule has 1 aliphatic carbocycles. The monoisotopic (exact) mass is 443 g/mol. The SMILES string of the molecule is c1cn(-c2ccn3c(Cc4ccc5nc(NCC6CCCCC6)sc5c4)cnc3c2)nn1. The highest BCUT2D eigenvalue weighted by molar-refractivity contribution is 7.22. The van der Waals surface area contributed by atoms with E-state index < -0.39 is 0 Å². The smallest absolute Gasteiger partial charge is 0.183 e. The fourth-order valence-electron chi connectivity index (χ4n) is 4.63. The van der Waals surface area contributed by atoms with Crippen LogP contribution in [0, 0.1) is 5.92 Å². The van der Waals surface area contributed by atoms with Gasteiger partial charge in [-0.15, -0.1) is 5.10 Å². The first-order valence-electron chi connectivity index (χ1n) is 11.3.